The SMILES string of the molecule is COC(=O)Nc1ccc(S(=O)(=O)C(C)C)c([C@H]2CCCN2C(=O)C(Nc2ccc3c(c2)C(=O)NC[C@H]3C)c2ccc(OC)c(OC)c2)c1. The number of likely N-dealkylation sites (tertiary alicyclic amines) is 1. The first-order valence-electron chi connectivity index (χ1n) is 15.8. The van der Waals surface area contributed by atoms with Gasteiger partial charge in [0.25, 0.3) is 5.91 Å². The first-order chi connectivity index (χ1) is 22.9. The van der Waals surface area contributed by atoms with Crippen molar-refractivity contribution in [2.24, 2.45) is 0 Å². The summed E-state index contributed by atoms with van der Waals surface area (Å²) in [6.45, 7) is 6.17. The standard InChI is InChI=1S/C35H42N4O8S/c1-20(2)48(43,44)31-14-11-24(38-35(42)47-6)18-27(31)28-8-7-15-39(28)34(41)32(22-9-13-29(45-4)30(16-22)46-5)37-23-10-12-25-21(3)19-36-33(40)26(25)17-23/h9-14,16-18,20-21,28,32,37H,7-8,15,19H2,1-6H3,(H,36,40)(H,38,42)/t21-,28-,32?/m1/s1. The van der Waals surface area contributed by atoms with Gasteiger partial charge >= 0.3 is 6.09 Å². The highest BCUT2D eigenvalue weighted by molar-refractivity contribution is 7.92. The summed E-state index contributed by atoms with van der Waals surface area (Å²) in [5.74, 6) is 0.572. The monoisotopic (exact) mass is 678 g/mol. The molecule has 2 heterocycles. The maximum atomic E-state index is 14.8. The second-order valence-electron chi connectivity index (χ2n) is 12.3. The first kappa shape index (κ1) is 34.6. The van der Waals surface area contributed by atoms with Gasteiger partial charge in [-0.3, -0.25) is 14.9 Å². The van der Waals surface area contributed by atoms with E-state index in [9.17, 15) is 22.8 Å². The maximum absolute atomic E-state index is 14.8. The van der Waals surface area contributed by atoms with Crippen LogP contribution in [0.1, 0.15) is 78.7 Å². The number of amides is 3. The minimum absolute atomic E-state index is 0.100. The van der Waals surface area contributed by atoms with Gasteiger partial charge in [-0.25, -0.2) is 13.2 Å². The number of rotatable bonds is 10. The quantitative estimate of drug-likeness (QED) is 0.255. The van der Waals surface area contributed by atoms with Crippen molar-refractivity contribution >= 4 is 39.1 Å². The Hall–Kier alpha value is -4.78. The van der Waals surface area contributed by atoms with Crippen LogP contribution in [-0.4, -0.2) is 70.9 Å². The Morgan fingerprint density at radius 1 is 0.938 bits per heavy atom. The summed E-state index contributed by atoms with van der Waals surface area (Å²) in [7, 11) is 0.509. The summed E-state index contributed by atoms with van der Waals surface area (Å²) in [6, 6.07) is 13.7. The van der Waals surface area contributed by atoms with Gasteiger partial charge in [-0.05, 0) is 91.8 Å². The Morgan fingerprint density at radius 3 is 2.35 bits per heavy atom. The molecule has 5 rings (SSSR count). The molecule has 48 heavy (non-hydrogen) atoms. The normalized spacial score (nSPS) is 18.1. The Bertz CT molecular complexity index is 1830. The highest BCUT2D eigenvalue weighted by Crippen LogP contribution is 2.41. The number of anilines is 2. The molecule has 2 aliphatic rings. The molecule has 0 radical (unpaired) electrons. The molecule has 0 spiro atoms. The van der Waals surface area contributed by atoms with E-state index in [0.717, 1.165) is 5.56 Å². The molecule has 0 aliphatic carbocycles. The minimum atomic E-state index is -3.77. The molecule has 12 nitrogen and oxygen atoms in total. The average molecular weight is 679 g/mol. The van der Waals surface area contributed by atoms with Crippen LogP contribution in [0.3, 0.4) is 0 Å². The number of ether oxygens (including phenoxy) is 3. The molecule has 1 fully saturated rings. The van der Waals surface area contributed by atoms with E-state index in [1.54, 1.807) is 49.1 Å². The van der Waals surface area contributed by atoms with Crippen molar-refractivity contribution in [3.05, 3.63) is 76.9 Å². The molecule has 1 unspecified atom stereocenters. The summed E-state index contributed by atoms with van der Waals surface area (Å²) >= 11 is 0. The third kappa shape index (κ3) is 6.77. The van der Waals surface area contributed by atoms with Crippen LogP contribution < -0.4 is 25.4 Å². The summed E-state index contributed by atoms with van der Waals surface area (Å²) in [4.78, 5) is 41.4. The lowest BCUT2D eigenvalue weighted by molar-refractivity contribution is -0.133. The van der Waals surface area contributed by atoms with E-state index in [4.69, 9.17) is 14.2 Å². The highest BCUT2D eigenvalue weighted by atomic mass is 32.2. The van der Waals surface area contributed by atoms with E-state index in [2.05, 4.69) is 16.0 Å². The van der Waals surface area contributed by atoms with Crippen LogP contribution in [0.2, 0.25) is 0 Å². The Balaban J connectivity index is 1.59. The number of methoxy groups -OCH3 is 3. The molecule has 0 bridgehead atoms. The molecule has 256 valence electrons. The number of hydrogen-bond donors (Lipinski definition) is 3. The van der Waals surface area contributed by atoms with Gasteiger partial charge in [0.15, 0.2) is 21.3 Å². The zero-order chi connectivity index (χ0) is 34.7. The number of benzene rings is 3. The van der Waals surface area contributed by atoms with Crippen LogP contribution in [0.25, 0.3) is 0 Å². The number of nitrogens with one attached hydrogen (secondary N) is 3. The van der Waals surface area contributed by atoms with Gasteiger partial charge in [0, 0.05) is 30.0 Å². The van der Waals surface area contributed by atoms with Crippen LogP contribution in [-0.2, 0) is 19.4 Å². The zero-order valence-corrected chi connectivity index (χ0v) is 28.8. The second kappa shape index (κ2) is 14.1. The van der Waals surface area contributed by atoms with Gasteiger partial charge in [0.05, 0.1) is 37.5 Å². The number of sulfone groups is 1. The Kier molecular flexibility index (Phi) is 10.2. The van der Waals surface area contributed by atoms with Crippen molar-refractivity contribution in [1.29, 1.82) is 0 Å². The van der Waals surface area contributed by atoms with Crippen molar-refractivity contribution in [3.63, 3.8) is 0 Å². The molecule has 1 saturated heterocycles. The van der Waals surface area contributed by atoms with Crippen LogP contribution in [0.5, 0.6) is 11.5 Å². The van der Waals surface area contributed by atoms with Crippen molar-refractivity contribution < 1.29 is 37.0 Å². The first-order valence-corrected chi connectivity index (χ1v) is 17.4. The van der Waals surface area contributed by atoms with Gasteiger partial charge in [0.2, 0.25) is 5.91 Å². The van der Waals surface area contributed by atoms with Crippen molar-refractivity contribution in [2.45, 2.75) is 61.8 Å². The number of fused-ring (bicyclic) bond motifs is 1. The fourth-order valence-electron chi connectivity index (χ4n) is 6.30. The van der Waals surface area contributed by atoms with Gasteiger partial charge < -0.3 is 29.7 Å². The lowest BCUT2D eigenvalue weighted by Gasteiger charge is -2.32. The fourth-order valence-corrected chi connectivity index (χ4v) is 7.59. The molecule has 3 amide bonds. The molecule has 2 aliphatic heterocycles. The van der Waals surface area contributed by atoms with Crippen LogP contribution in [0.4, 0.5) is 16.2 Å². The van der Waals surface area contributed by atoms with Gasteiger partial charge in [0.1, 0.15) is 6.04 Å². The predicted molar refractivity (Wildman–Crippen MR) is 182 cm³/mol. The van der Waals surface area contributed by atoms with Crippen molar-refractivity contribution in [2.75, 3.05) is 45.1 Å². The molecule has 3 N–H and O–H groups in total. The van der Waals surface area contributed by atoms with Gasteiger partial charge in [-0.2, -0.15) is 0 Å². The third-order valence-corrected chi connectivity index (χ3v) is 11.2. The van der Waals surface area contributed by atoms with E-state index < -0.39 is 33.3 Å². The molecule has 3 atom stereocenters. The third-order valence-electron chi connectivity index (χ3n) is 8.96. The molecular weight excluding hydrogens is 636 g/mol. The number of hydrogen-bond acceptors (Lipinski definition) is 9. The summed E-state index contributed by atoms with van der Waals surface area (Å²) < 4.78 is 42.9. The summed E-state index contributed by atoms with van der Waals surface area (Å²) in [5.41, 5.74) is 3.36. The molecule has 0 saturated carbocycles. The number of carbonyl (C=O) groups excluding carboxylic acids is 3. The molecule has 13 heteroatoms. The summed E-state index contributed by atoms with van der Waals surface area (Å²) in [5, 5.41) is 8.17. The van der Waals surface area contributed by atoms with Gasteiger partial charge in [-0.1, -0.05) is 19.1 Å². The van der Waals surface area contributed by atoms with Gasteiger partial charge in [-0.15, -0.1) is 0 Å². The van der Waals surface area contributed by atoms with E-state index in [1.807, 2.05) is 19.1 Å². The van der Waals surface area contributed by atoms with E-state index in [0.29, 0.717) is 65.5 Å². The van der Waals surface area contributed by atoms with Crippen LogP contribution in [0, 0.1) is 0 Å². The molecular formula is C35H42N4O8S. The van der Waals surface area contributed by atoms with E-state index in [-0.39, 0.29) is 22.6 Å². The average Bonchev–Trinajstić information content (AvgIpc) is 3.58. The van der Waals surface area contributed by atoms with E-state index >= 15 is 0 Å². The molecule has 3 aromatic rings. The highest BCUT2D eigenvalue weighted by Gasteiger charge is 2.38. The van der Waals surface area contributed by atoms with Crippen LogP contribution >= 0.6 is 0 Å². The topological polar surface area (TPSA) is 152 Å². The van der Waals surface area contributed by atoms with Crippen LogP contribution in [0.15, 0.2) is 59.5 Å². The maximum Gasteiger partial charge on any atom is 0.411 e. The van der Waals surface area contributed by atoms with Crippen molar-refractivity contribution in [1.82, 2.24) is 10.2 Å². The lowest BCUT2D eigenvalue weighted by Crippen LogP contribution is -2.38. The fraction of sp³-hybridized carbons (Fsp3) is 0.400. The lowest BCUT2D eigenvalue weighted by atomic mass is 9.91. The molecule has 0 aromatic heterocycles. The Labute approximate surface area is 281 Å². The smallest absolute Gasteiger partial charge is 0.411 e. The minimum Gasteiger partial charge on any atom is -0.493 e. The zero-order valence-electron chi connectivity index (χ0n) is 28.0. The van der Waals surface area contributed by atoms with Crippen molar-refractivity contribution in [3.8, 4) is 11.5 Å². The molecule has 3 aromatic carbocycles. The van der Waals surface area contributed by atoms with E-state index in [1.165, 1.54) is 33.5 Å². The predicted octanol–water partition coefficient (Wildman–Crippen LogP) is 5.43. The largest absolute Gasteiger partial charge is 0.493 e. The number of nitrogens with zero attached hydrogens (tertiary/aromatic N) is 1. The summed E-state index contributed by atoms with van der Waals surface area (Å²) in [6.07, 6.45) is 0.427. The Morgan fingerprint density at radius 2 is 1.67 bits per heavy atom. The number of carbonyl (C=O) groups is 3. The second-order valence-corrected chi connectivity index (χ2v) is 14.7.